The Hall–Kier alpha value is -2.81. The summed E-state index contributed by atoms with van der Waals surface area (Å²) < 4.78 is 37.5. The average Bonchev–Trinajstić information content (AvgIpc) is 2.90. The molecule has 0 fully saturated rings. The number of nitrogens with zero attached hydrogens (tertiary/aromatic N) is 2. The molecule has 1 aromatic rings. The summed E-state index contributed by atoms with van der Waals surface area (Å²) in [5.74, 6) is -0.487. The van der Waals surface area contributed by atoms with Crippen molar-refractivity contribution in [3.8, 4) is 0 Å². The molecular formula is C15H12F3N5O. The second-order valence-electron chi connectivity index (χ2n) is 5.19. The highest BCUT2D eigenvalue weighted by Crippen LogP contribution is 2.29. The van der Waals surface area contributed by atoms with E-state index in [-0.39, 0.29) is 11.8 Å². The number of amidine groups is 1. The van der Waals surface area contributed by atoms with E-state index in [1.54, 1.807) is 0 Å². The van der Waals surface area contributed by atoms with Gasteiger partial charge in [0.05, 0.1) is 11.1 Å². The lowest BCUT2D eigenvalue weighted by Crippen LogP contribution is -2.37. The van der Waals surface area contributed by atoms with E-state index in [4.69, 9.17) is 5.41 Å². The molecule has 124 valence electrons. The lowest BCUT2D eigenvalue weighted by Gasteiger charge is -2.12. The van der Waals surface area contributed by atoms with Gasteiger partial charge in [-0.1, -0.05) is 12.1 Å². The van der Waals surface area contributed by atoms with Gasteiger partial charge in [-0.2, -0.15) is 18.2 Å². The van der Waals surface area contributed by atoms with Crippen LogP contribution in [0.25, 0.3) is 0 Å². The largest absolute Gasteiger partial charge is 0.416 e. The summed E-state index contributed by atoms with van der Waals surface area (Å²) in [6.07, 6.45) is -2.86. The van der Waals surface area contributed by atoms with Crippen molar-refractivity contribution >= 4 is 23.9 Å². The molecule has 1 aromatic carbocycles. The smallest absolute Gasteiger partial charge is 0.309 e. The van der Waals surface area contributed by atoms with Crippen LogP contribution in [0, 0.1) is 5.41 Å². The molecule has 2 heterocycles. The van der Waals surface area contributed by atoms with Gasteiger partial charge >= 0.3 is 6.18 Å². The number of hydrogen-bond acceptors (Lipinski definition) is 4. The van der Waals surface area contributed by atoms with E-state index in [9.17, 15) is 18.0 Å². The minimum Gasteiger partial charge on any atom is -0.309 e. The minimum atomic E-state index is -4.35. The molecule has 0 aromatic heterocycles. The molecule has 3 rings (SSSR count). The Bertz CT molecular complexity index is 790. The number of fused-ring (bicyclic) bond motifs is 1. The van der Waals surface area contributed by atoms with Crippen molar-refractivity contribution in [2.45, 2.75) is 12.7 Å². The highest BCUT2D eigenvalue weighted by molar-refractivity contribution is 6.35. The number of alkyl halides is 3. The van der Waals surface area contributed by atoms with E-state index in [0.717, 1.165) is 12.1 Å². The first-order valence-electron chi connectivity index (χ1n) is 6.97. The average molecular weight is 335 g/mol. The Kier molecular flexibility index (Phi) is 4.02. The van der Waals surface area contributed by atoms with Crippen LogP contribution in [0.5, 0.6) is 0 Å². The van der Waals surface area contributed by atoms with E-state index in [2.05, 4.69) is 20.6 Å². The molecule has 0 bridgehead atoms. The van der Waals surface area contributed by atoms with Gasteiger partial charge in [-0.05, 0) is 17.7 Å². The topological polar surface area (TPSA) is 89.7 Å². The van der Waals surface area contributed by atoms with Gasteiger partial charge in [0.25, 0.3) is 5.91 Å². The van der Waals surface area contributed by atoms with Gasteiger partial charge in [-0.25, -0.2) is 4.99 Å². The molecule has 2 aliphatic heterocycles. The number of benzene rings is 1. The molecule has 0 spiro atoms. The van der Waals surface area contributed by atoms with Crippen molar-refractivity contribution in [2.24, 2.45) is 9.98 Å². The molecule has 9 heteroatoms. The zero-order valence-electron chi connectivity index (χ0n) is 12.2. The van der Waals surface area contributed by atoms with Crippen LogP contribution in [0.15, 0.2) is 45.4 Å². The molecule has 0 saturated carbocycles. The number of nitrogens with one attached hydrogen (secondary N) is 3. The molecule has 24 heavy (non-hydrogen) atoms. The Morgan fingerprint density at radius 1 is 1.17 bits per heavy atom. The molecule has 6 nitrogen and oxygen atoms in total. The summed E-state index contributed by atoms with van der Waals surface area (Å²) in [4.78, 5) is 19.7. The second-order valence-corrected chi connectivity index (χ2v) is 5.19. The molecule has 0 aliphatic carbocycles. The first-order valence-corrected chi connectivity index (χ1v) is 6.97. The maximum atomic E-state index is 12.5. The van der Waals surface area contributed by atoms with E-state index >= 15 is 0 Å². The Labute approximate surface area is 134 Å². The van der Waals surface area contributed by atoms with Crippen molar-refractivity contribution < 1.29 is 18.0 Å². The monoisotopic (exact) mass is 335 g/mol. The number of rotatable bonds is 4. The lowest BCUT2D eigenvalue weighted by molar-refractivity contribution is -0.137. The van der Waals surface area contributed by atoms with Gasteiger partial charge in [0.1, 0.15) is 0 Å². The van der Waals surface area contributed by atoms with Gasteiger partial charge in [-0.3, -0.25) is 15.5 Å². The summed E-state index contributed by atoms with van der Waals surface area (Å²) in [7, 11) is 0. The molecule has 0 radical (unpaired) electrons. The standard InChI is InChI=1S/C15H12F3N5O/c16-15(17,18)10-3-1-8(2-4-10)5-20-6-9-7-21-12-11(9)13(24)23-14(19)22-12/h1-4,7,20H,5-6H2,(H2,19,23,24). The van der Waals surface area contributed by atoms with Gasteiger partial charge in [0.15, 0.2) is 5.84 Å². The number of hydrogen-bond donors (Lipinski definition) is 3. The Morgan fingerprint density at radius 2 is 1.88 bits per heavy atom. The molecule has 0 saturated heterocycles. The van der Waals surface area contributed by atoms with Crippen LogP contribution in [0.2, 0.25) is 0 Å². The van der Waals surface area contributed by atoms with Crippen molar-refractivity contribution in [1.82, 2.24) is 10.6 Å². The van der Waals surface area contributed by atoms with Gasteiger partial charge in [0.2, 0.25) is 5.96 Å². The van der Waals surface area contributed by atoms with Crippen molar-refractivity contribution in [2.75, 3.05) is 6.54 Å². The van der Waals surface area contributed by atoms with E-state index in [1.807, 2.05) is 0 Å². The van der Waals surface area contributed by atoms with Gasteiger partial charge in [-0.15, -0.1) is 0 Å². The molecule has 1 amide bonds. The maximum absolute atomic E-state index is 12.5. The number of amides is 1. The van der Waals surface area contributed by atoms with Crippen LogP contribution >= 0.6 is 0 Å². The summed E-state index contributed by atoms with van der Waals surface area (Å²) in [6, 6.07) is 4.86. The van der Waals surface area contributed by atoms with Gasteiger partial charge in [0, 0.05) is 24.9 Å². The first-order chi connectivity index (χ1) is 11.3. The second kappa shape index (κ2) is 6.00. The normalized spacial score (nSPS) is 17.0. The predicted molar refractivity (Wildman–Crippen MR) is 82.0 cm³/mol. The Morgan fingerprint density at radius 3 is 2.54 bits per heavy atom. The number of aliphatic imine (C=N–C) groups is 2. The Balaban J connectivity index is 1.63. The quantitative estimate of drug-likeness (QED) is 0.781. The van der Waals surface area contributed by atoms with Crippen molar-refractivity contribution in [1.29, 1.82) is 5.41 Å². The predicted octanol–water partition coefficient (Wildman–Crippen LogP) is 1.64. The summed E-state index contributed by atoms with van der Waals surface area (Å²) in [5, 5.41) is 12.7. The fourth-order valence-corrected chi connectivity index (χ4v) is 2.33. The molecule has 3 N–H and O–H groups in total. The van der Waals surface area contributed by atoms with Gasteiger partial charge < -0.3 is 5.32 Å². The molecular weight excluding hydrogens is 323 g/mol. The van der Waals surface area contributed by atoms with Crippen LogP contribution in [0.4, 0.5) is 13.2 Å². The van der Waals surface area contributed by atoms with E-state index in [1.165, 1.54) is 18.3 Å². The summed E-state index contributed by atoms with van der Waals surface area (Å²) in [6.45, 7) is 0.645. The van der Waals surface area contributed by atoms with E-state index < -0.39 is 17.6 Å². The number of halogens is 3. The number of carbonyl (C=O) groups is 1. The van der Waals surface area contributed by atoms with Crippen molar-refractivity contribution in [3.05, 3.63) is 46.5 Å². The van der Waals surface area contributed by atoms with Crippen LogP contribution in [-0.2, 0) is 17.5 Å². The molecule has 0 unspecified atom stereocenters. The van der Waals surface area contributed by atoms with Crippen LogP contribution in [0.1, 0.15) is 11.1 Å². The number of carbonyl (C=O) groups excluding carboxylic acids is 1. The van der Waals surface area contributed by atoms with Crippen LogP contribution < -0.4 is 10.6 Å². The highest BCUT2D eigenvalue weighted by atomic mass is 19.4. The maximum Gasteiger partial charge on any atom is 0.416 e. The SMILES string of the molecule is N=C1N=C2N=CC(CNCc3ccc(C(F)(F)F)cc3)=C2C(=O)N1. The number of guanidine groups is 1. The zero-order valence-corrected chi connectivity index (χ0v) is 12.2. The third-order valence-corrected chi connectivity index (χ3v) is 3.49. The third kappa shape index (κ3) is 3.25. The highest BCUT2D eigenvalue weighted by Gasteiger charge is 2.30. The third-order valence-electron chi connectivity index (χ3n) is 3.49. The fraction of sp³-hybridized carbons (Fsp3) is 0.200. The van der Waals surface area contributed by atoms with Crippen molar-refractivity contribution in [3.63, 3.8) is 0 Å². The zero-order chi connectivity index (χ0) is 17.3. The minimum absolute atomic E-state index is 0.204. The summed E-state index contributed by atoms with van der Waals surface area (Å²) >= 11 is 0. The first kappa shape index (κ1) is 16.1. The molecule has 0 atom stereocenters. The lowest BCUT2D eigenvalue weighted by atomic mass is 10.1. The summed E-state index contributed by atoms with van der Waals surface area (Å²) in [5.41, 5.74) is 0.921. The molecule has 2 aliphatic rings. The van der Waals surface area contributed by atoms with Crippen LogP contribution in [-0.4, -0.2) is 30.5 Å². The fourth-order valence-electron chi connectivity index (χ4n) is 2.33. The van der Waals surface area contributed by atoms with Crippen LogP contribution in [0.3, 0.4) is 0 Å². The van der Waals surface area contributed by atoms with E-state index in [0.29, 0.717) is 29.8 Å².